The third-order valence-corrected chi connectivity index (χ3v) is 4.25. The highest BCUT2D eigenvalue weighted by Crippen LogP contribution is 2.19. The maximum Gasteiger partial charge on any atom is 0.417 e. The van der Waals surface area contributed by atoms with Gasteiger partial charge in [-0.2, -0.15) is 0 Å². The molecule has 0 bridgehead atoms. The van der Waals surface area contributed by atoms with Gasteiger partial charge in [-0.1, -0.05) is 0 Å². The van der Waals surface area contributed by atoms with Crippen molar-refractivity contribution in [3.63, 3.8) is 0 Å². The van der Waals surface area contributed by atoms with Gasteiger partial charge in [-0.05, 0) is 55.3 Å². The molecule has 4 rings (SSSR count). The van der Waals surface area contributed by atoms with Crippen molar-refractivity contribution < 1.29 is 18.7 Å². The van der Waals surface area contributed by atoms with Crippen LogP contribution < -0.4 is 15.8 Å². The molecule has 1 fully saturated rings. The van der Waals surface area contributed by atoms with Crippen LogP contribution in [0.25, 0.3) is 11.1 Å². The van der Waals surface area contributed by atoms with E-state index in [1.807, 2.05) is 0 Å². The molecule has 2 N–H and O–H groups in total. The van der Waals surface area contributed by atoms with Gasteiger partial charge >= 0.3 is 5.76 Å². The van der Waals surface area contributed by atoms with Gasteiger partial charge < -0.3 is 19.2 Å². The topological polar surface area (TPSA) is 93.6 Å². The van der Waals surface area contributed by atoms with Crippen LogP contribution >= 0.6 is 0 Å². The van der Waals surface area contributed by atoms with E-state index < -0.39 is 5.76 Å². The second-order valence-corrected chi connectivity index (χ2v) is 6.15. The number of hydrogen-bond acceptors (Lipinski definition) is 5. The molecule has 26 heavy (non-hydrogen) atoms. The zero-order valence-electron chi connectivity index (χ0n) is 14.0. The Morgan fingerprint density at radius 3 is 2.85 bits per heavy atom. The number of aromatic amines is 1. The Balaban J connectivity index is 1.39. The lowest BCUT2D eigenvalue weighted by atomic mass is 10.2. The first-order valence-corrected chi connectivity index (χ1v) is 8.46. The smallest absolute Gasteiger partial charge is 0.417 e. The van der Waals surface area contributed by atoms with E-state index in [0.717, 1.165) is 19.4 Å². The number of anilines is 1. The van der Waals surface area contributed by atoms with Crippen molar-refractivity contribution in [3.8, 4) is 5.75 Å². The molecule has 1 unspecified atom stereocenters. The van der Waals surface area contributed by atoms with E-state index in [9.17, 15) is 9.59 Å². The van der Waals surface area contributed by atoms with Crippen molar-refractivity contribution in [3.05, 3.63) is 58.6 Å². The largest absolute Gasteiger partial charge is 0.491 e. The lowest BCUT2D eigenvalue weighted by Gasteiger charge is -2.11. The van der Waals surface area contributed by atoms with Crippen LogP contribution in [-0.4, -0.2) is 30.2 Å². The number of hydrogen-bond donors (Lipinski definition) is 2. The average molecular weight is 354 g/mol. The minimum atomic E-state index is -0.526. The minimum Gasteiger partial charge on any atom is -0.491 e. The summed E-state index contributed by atoms with van der Waals surface area (Å²) in [6.45, 7) is 1.32. The SMILES string of the molecule is O=C(Nc1ccc2oc(=O)[nH]c2c1)c1ccc(OCC2CCCO2)cc1. The summed E-state index contributed by atoms with van der Waals surface area (Å²) in [5.74, 6) is -0.0719. The Hall–Kier alpha value is -3.06. The summed E-state index contributed by atoms with van der Waals surface area (Å²) in [4.78, 5) is 26.1. The van der Waals surface area contributed by atoms with Crippen LogP contribution in [0, 0.1) is 0 Å². The van der Waals surface area contributed by atoms with Gasteiger partial charge in [0.2, 0.25) is 0 Å². The van der Waals surface area contributed by atoms with Gasteiger partial charge in [0.1, 0.15) is 12.4 Å². The summed E-state index contributed by atoms with van der Waals surface area (Å²) in [5, 5.41) is 2.79. The molecule has 2 heterocycles. The highest BCUT2D eigenvalue weighted by atomic mass is 16.5. The Morgan fingerprint density at radius 1 is 1.23 bits per heavy atom. The van der Waals surface area contributed by atoms with Crippen molar-refractivity contribution in [2.75, 3.05) is 18.5 Å². The van der Waals surface area contributed by atoms with Crippen molar-refractivity contribution in [2.45, 2.75) is 18.9 Å². The van der Waals surface area contributed by atoms with E-state index in [2.05, 4.69) is 10.3 Å². The quantitative estimate of drug-likeness (QED) is 0.735. The first-order chi connectivity index (χ1) is 12.7. The van der Waals surface area contributed by atoms with Gasteiger partial charge in [0, 0.05) is 17.9 Å². The molecule has 2 aromatic carbocycles. The van der Waals surface area contributed by atoms with E-state index in [-0.39, 0.29) is 12.0 Å². The molecule has 0 radical (unpaired) electrons. The molecule has 1 aliphatic heterocycles. The molecular weight excluding hydrogens is 336 g/mol. The zero-order valence-corrected chi connectivity index (χ0v) is 14.0. The summed E-state index contributed by atoms with van der Waals surface area (Å²) >= 11 is 0. The molecular formula is C19H18N2O5. The van der Waals surface area contributed by atoms with Crippen LogP contribution in [0.5, 0.6) is 5.75 Å². The molecule has 1 saturated heterocycles. The average Bonchev–Trinajstić information content (AvgIpc) is 3.28. The Kier molecular flexibility index (Phi) is 4.45. The van der Waals surface area contributed by atoms with Gasteiger partial charge in [-0.3, -0.25) is 9.78 Å². The molecule has 134 valence electrons. The standard InChI is InChI=1S/C19H18N2O5/c22-18(20-13-5-8-17-16(10-13)21-19(23)26-17)12-3-6-14(7-4-12)25-11-15-2-1-9-24-15/h3-8,10,15H,1-2,9,11H2,(H,20,22)(H,21,23). The van der Waals surface area contributed by atoms with Gasteiger partial charge in [0.15, 0.2) is 5.58 Å². The van der Waals surface area contributed by atoms with Crippen molar-refractivity contribution in [1.29, 1.82) is 0 Å². The molecule has 0 saturated carbocycles. The van der Waals surface area contributed by atoms with Crippen LogP contribution in [0.2, 0.25) is 0 Å². The van der Waals surface area contributed by atoms with Crippen molar-refractivity contribution >= 4 is 22.7 Å². The number of amides is 1. The highest BCUT2D eigenvalue weighted by molar-refractivity contribution is 6.04. The normalized spacial score (nSPS) is 16.7. The second-order valence-electron chi connectivity index (χ2n) is 6.15. The fourth-order valence-electron chi connectivity index (χ4n) is 2.90. The fourth-order valence-corrected chi connectivity index (χ4v) is 2.90. The predicted molar refractivity (Wildman–Crippen MR) is 95.7 cm³/mol. The lowest BCUT2D eigenvalue weighted by Crippen LogP contribution is -2.16. The maximum atomic E-state index is 12.4. The summed E-state index contributed by atoms with van der Waals surface area (Å²) in [5.41, 5.74) is 2.06. The van der Waals surface area contributed by atoms with E-state index in [1.165, 1.54) is 0 Å². The fraction of sp³-hybridized carbons (Fsp3) is 0.263. The Morgan fingerprint density at radius 2 is 2.08 bits per heavy atom. The monoisotopic (exact) mass is 354 g/mol. The number of ether oxygens (including phenoxy) is 2. The van der Waals surface area contributed by atoms with Crippen LogP contribution in [-0.2, 0) is 4.74 Å². The van der Waals surface area contributed by atoms with E-state index in [1.54, 1.807) is 42.5 Å². The van der Waals surface area contributed by atoms with Crippen LogP contribution in [0.3, 0.4) is 0 Å². The molecule has 1 aliphatic rings. The summed E-state index contributed by atoms with van der Waals surface area (Å²) in [6.07, 6.45) is 2.25. The molecule has 1 amide bonds. The Bertz CT molecular complexity index is 968. The van der Waals surface area contributed by atoms with Crippen molar-refractivity contribution in [1.82, 2.24) is 4.98 Å². The number of carbonyl (C=O) groups excluding carboxylic acids is 1. The number of oxazole rings is 1. The van der Waals surface area contributed by atoms with Gasteiger partial charge in [-0.15, -0.1) is 0 Å². The second kappa shape index (κ2) is 7.05. The molecule has 0 aliphatic carbocycles. The van der Waals surface area contributed by atoms with E-state index in [0.29, 0.717) is 34.7 Å². The molecule has 7 heteroatoms. The van der Waals surface area contributed by atoms with Crippen LogP contribution in [0.15, 0.2) is 51.7 Å². The minimum absolute atomic E-state index is 0.155. The van der Waals surface area contributed by atoms with Gasteiger partial charge in [0.25, 0.3) is 5.91 Å². The number of nitrogens with one attached hydrogen (secondary N) is 2. The summed E-state index contributed by atoms with van der Waals surface area (Å²) < 4.78 is 16.1. The third-order valence-electron chi connectivity index (χ3n) is 4.25. The number of rotatable bonds is 5. The van der Waals surface area contributed by atoms with E-state index in [4.69, 9.17) is 13.9 Å². The maximum absolute atomic E-state index is 12.4. The number of fused-ring (bicyclic) bond motifs is 1. The summed E-state index contributed by atoms with van der Waals surface area (Å²) in [7, 11) is 0. The zero-order chi connectivity index (χ0) is 17.9. The third kappa shape index (κ3) is 3.62. The van der Waals surface area contributed by atoms with E-state index >= 15 is 0 Å². The van der Waals surface area contributed by atoms with Crippen LogP contribution in [0.1, 0.15) is 23.2 Å². The molecule has 7 nitrogen and oxygen atoms in total. The predicted octanol–water partition coefficient (Wildman–Crippen LogP) is 2.93. The van der Waals surface area contributed by atoms with Crippen LogP contribution in [0.4, 0.5) is 5.69 Å². The first kappa shape index (κ1) is 16.4. The van der Waals surface area contributed by atoms with Crippen molar-refractivity contribution in [2.24, 2.45) is 0 Å². The molecule has 1 aromatic heterocycles. The van der Waals surface area contributed by atoms with Gasteiger partial charge in [0.05, 0.1) is 11.6 Å². The number of carbonyl (C=O) groups is 1. The number of aromatic nitrogens is 1. The summed E-state index contributed by atoms with van der Waals surface area (Å²) in [6, 6.07) is 11.9. The first-order valence-electron chi connectivity index (χ1n) is 8.46. The number of H-pyrrole nitrogens is 1. The highest BCUT2D eigenvalue weighted by Gasteiger charge is 2.16. The Labute approximate surface area is 148 Å². The lowest BCUT2D eigenvalue weighted by molar-refractivity contribution is 0.0679. The molecule has 1 atom stereocenters. The molecule has 3 aromatic rings. The van der Waals surface area contributed by atoms with Gasteiger partial charge in [-0.25, -0.2) is 4.79 Å². The number of benzene rings is 2. The molecule has 0 spiro atoms.